The number of carbonyl (C=O) groups is 1. The number of unbranched alkanes of at least 4 members (excludes halogenated alkanes) is 1. The molecule has 3 aromatic carbocycles. The zero-order chi connectivity index (χ0) is 29.4. The fourth-order valence-corrected chi connectivity index (χ4v) is 5.41. The van der Waals surface area contributed by atoms with Crippen LogP contribution in [0.15, 0.2) is 60.7 Å². The van der Waals surface area contributed by atoms with E-state index in [9.17, 15) is 4.79 Å². The van der Waals surface area contributed by atoms with Gasteiger partial charge in [-0.05, 0) is 103 Å². The van der Waals surface area contributed by atoms with Crippen LogP contribution in [0.5, 0.6) is 5.75 Å². The summed E-state index contributed by atoms with van der Waals surface area (Å²) in [6, 6.07) is 21.5. The molecule has 5 heteroatoms. The Morgan fingerprint density at radius 1 is 0.902 bits per heavy atom. The molecule has 3 aromatic rings. The van der Waals surface area contributed by atoms with Gasteiger partial charge >= 0.3 is 5.97 Å². The maximum Gasteiger partial charge on any atom is 0.338 e. The number of anilines is 1. The number of nitrogens with zero attached hydrogens (tertiary/aromatic N) is 1. The molecule has 1 fully saturated rings. The van der Waals surface area contributed by atoms with Gasteiger partial charge in [0.05, 0.1) is 18.8 Å². The average Bonchev–Trinajstić information content (AvgIpc) is 3.49. The maximum atomic E-state index is 12.2. The predicted molar refractivity (Wildman–Crippen MR) is 171 cm³/mol. The minimum atomic E-state index is -0.292. The highest BCUT2D eigenvalue weighted by atomic mass is 16.5. The summed E-state index contributed by atoms with van der Waals surface area (Å²) in [7, 11) is 0. The molecule has 1 aliphatic heterocycles. The van der Waals surface area contributed by atoms with Crippen LogP contribution in [0.1, 0.15) is 83.1 Å². The summed E-state index contributed by atoms with van der Waals surface area (Å²) in [5.41, 5.74) is 7.69. The van der Waals surface area contributed by atoms with Gasteiger partial charge in [0.25, 0.3) is 0 Å². The van der Waals surface area contributed by atoms with Gasteiger partial charge in [-0.25, -0.2) is 4.79 Å². The molecule has 41 heavy (non-hydrogen) atoms. The van der Waals surface area contributed by atoms with Gasteiger partial charge in [0.1, 0.15) is 5.75 Å². The van der Waals surface area contributed by atoms with Crippen LogP contribution in [0.25, 0.3) is 22.3 Å². The molecule has 0 aliphatic carbocycles. The van der Waals surface area contributed by atoms with Crippen LogP contribution in [0.3, 0.4) is 0 Å². The number of rotatable bonds is 12. The normalized spacial score (nSPS) is 13.6. The number of esters is 1. The predicted octanol–water partition coefficient (Wildman–Crippen LogP) is 8.25. The van der Waals surface area contributed by atoms with Gasteiger partial charge in [-0.2, -0.15) is 0 Å². The number of hydrogen-bond donors (Lipinski definition) is 1. The zero-order valence-corrected chi connectivity index (χ0v) is 25.9. The highest BCUT2D eigenvalue weighted by Crippen LogP contribution is 2.40. The second-order valence-corrected chi connectivity index (χ2v) is 12.3. The molecule has 0 spiro atoms. The Morgan fingerprint density at radius 2 is 1.59 bits per heavy atom. The molecular formula is C36H48N2O3. The standard InChI is InChI=1S/C36H48N2O3/c1-7-40-35(39)28-14-12-27(13-15-28)29-17-19-34(41-23-11-8-20-37-26(2)3)31(24-29)30-16-18-33(38-21-9-10-22-38)32(25-30)36(4,5)6/h12-19,24-26,37H,7-11,20-23H2,1-6H3. The first-order valence-electron chi connectivity index (χ1n) is 15.3. The van der Waals surface area contributed by atoms with Crippen molar-refractivity contribution >= 4 is 11.7 Å². The molecular weight excluding hydrogens is 508 g/mol. The van der Waals surface area contributed by atoms with E-state index in [1.165, 1.54) is 29.7 Å². The molecule has 0 radical (unpaired) electrons. The molecule has 1 saturated heterocycles. The van der Waals surface area contributed by atoms with Gasteiger partial charge in [0.2, 0.25) is 0 Å². The Bertz CT molecular complexity index is 1290. The van der Waals surface area contributed by atoms with Crippen molar-refractivity contribution in [2.75, 3.05) is 37.7 Å². The van der Waals surface area contributed by atoms with Crippen molar-refractivity contribution in [1.29, 1.82) is 0 Å². The van der Waals surface area contributed by atoms with Crippen molar-refractivity contribution in [2.45, 2.75) is 78.7 Å². The molecule has 1 heterocycles. The van der Waals surface area contributed by atoms with Gasteiger partial charge in [0, 0.05) is 30.4 Å². The van der Waals surface area contributed by atoms with Gasteiger partial charge < -0.3 is 19.7 Å². The molecule has 4 rings (SSSR count). The lowest BCUT2D eigenvalue weighted by molar-refractivity contribution is 0.0526. The Labute approximate surface area is 247 Å². The van der Waals surface area contributed by atoms with Crippen molar-refractivity contribution in [3.8, 4) is 28.0 Å². The first kappa shape index (κ1) is 30.6. The first-order chi connectivity index (χ1) is 19.7. The Balaban J connectivity index is 1.67. The van der Waals surface area contributed by atoms with E-state index in [0.717, 1.165) is 54.9 Å². The molecule has 0 saturated carbocycles. The molecule has 0 atom stereocenters. The number of benzene rings is 3. The van der Waals surface area contributed by atoms with E-state index in [0.29, 0.717) is 24.8 Å². The minimum Gasteiger partial charge on any atom is -0.493 e. The number of nitrogens with one attached hydrogen (secondary N) is 1. The molecule has 1 aliphatic rings. The lowest BCUT2D eigenvalue weighted by Gasteiger charge is -2.29. The van der Waals surface area contributed by atoms with E-state index in [1.54, 1.807) is 0 Å². The van der Waals surface area contributed by atoms with Gasteiger partial charge in [-0.1, -0.05) is 58.9 Å². The van der Waals surface area contributed by atoms with Crippen molar-refractivity contribution in [2.24, 2.45) is 0 Å². The summed E-state index contributed by atoms with van der Waals surface area (Å²) < 4.78 is 11.6. The van der Waals surface area contributed by atoms with E-state index in [4.69, 9.17) is 9.47 Å². The van der Waals surface area contributed by atoms with Crippen LogP contribution in [-0.2, 0) is 10.2 Å². The van der Waals surface area contributed by atoms with Crippen LogP contribution in [0.4, 0.5) is 5.69 Å². The lowest BCUT2D eigenvalue weighted by Crippen LogP contribution is -2.23. The van der Waals surface area contributed by atoms with Crippen LogP contribution in [-0.4, -0.2) is 44.9 Å². The third-order valence-electron chi connectivity index (χ3n) is 7.65. The Kier molecular flexibility index (Phi) is 10.5. The van der Waals surface area contributed by atoms with Crippen molar-refractivity contribution in [1.82, 2.24) is 5.32 Å². The van der Waals surface area contributed by atoms with Crippen molar-refractivity contribution < 1.29 is 14.3 Å². The van der Waals surface area contributed by atoms with E-state index in [1.807, 2.05) is 31.2 Å². The monoisotopic (exact) mass is 556 g/mol. The summed E-state index contributed by atoms with van der Waals surface area (Å²) in [6.45, 7) is 17.4. The third-order valence-corrected chi connectivity index (χ3v) is 7.65. The van der Waals surface area contributed by atoms with E-state index in [2.05, 4.69) is 81.2 Å². The largest absolute Gasteiger partial charge is 0.493 e. The van der Waals surface area contributed by atoms with Gasteiger partial charge in [-0.3, -0.25) is 0 Å². The fourth-order valence-electron chi connectivity index (χ4n) is 5.41. The molecule has 220 valence electrons. The minimum absolute atomic E-state index is 0.0128. The fraction of sp³-hybridized carbons (Fsp3) is 0.472. The van der Waals surface area contributed by atoms with Crippen LogP contribution < -0.4 is 15.0 Å². The van der Waals surface area contributed by atoms with E-state index < -0.39 is 0 Å². The highest BCUT2D eigenvalue weighted by Gasteiger charge is 2.24. The Morgan fingerprint density at radius 3 is 2.24 bits per heavy atom. The lowest BCUT2D eigenvalue weighted by atomic mass is 9.83. The first-order valence-corrected chi connectivity index (χ1v) is 15.3. The highest BCUT2D eigenvalue weighted by molar-refractivity contribution is 5.90. The quantitative estimate of drug-likeness (QED) is 0.180. The third kappa shape index (κ3) is 8.13. The molecule has 0 aromatic heterocycles. The molecule has 0 amide bonds. The SMILES string of the molecule is CCOC(=O)c1ccc(-c2ccc(OCCCCNC(C)C)c(-c3ccc(N4CCCC4)c(C(C)(C)C)c3)c2)cc1. The summed E-state index contributed by atoms with van der Waals surface area (Å²) in [5, 5.41) is 3.49. The van der Waals surface area contributed by atoms with Crippen LogP contribution in [0.2, 0.25) is 0 Å². The number of carbonyl (C=O) groups excluding carboxylic acids is 1. The summed E-state index contributed by atoms with van der Waals surface area (Å²) in [6.07, 6.45) is 4.59. The number of ether oxygens (including phenoxy) is 2. The van der Waals surface area contributed by atoms with Crippen LogP contribution in [0, 0.1) is 0 Å². The van der Waals surface area contributed by atoms with E-state index in [-0.39, 0.29) is 11.4 Å². The number of hydrogen-bond acceptors (Lipinski definition) is 5. The summed E-state index contributed by atoms with van der Waals surface area (Å²) >= 11 is 0. The average molecular weight is 557 g/mol. The molecule has 5 nitrogen and oxygen atoms in total. The molecule has 0 unspecified atom stereocenters. The van der Waals surface area contributed by atoms with E-state index >= 15 is 0 Å². The summed E-state index contributed by atoms with van der Waals surface area (Å²) in [4.78, 5) is 14.7. The smallest absolute Gasteiger partial charge is 0.338 e. The van der Waals surface area contributed by atoms with Crippen LogP contribution >= 0.6 is 0 Å². The second kappa shape index (κ2) is 14.0. The van der Waals surface area contributed by atoms with Crippen molar-refractivity contribution in [3.63, 3.8) is 0 Å². The molecule has 0 bridgehead atoms. The van der Waals surface area contributed by atoms with Crippen molar-refractivity contribution in [3.05, 3.63) is 71.8 Å². The van der Waals surface area contributed by atoms with Gasteiger partial charge in [0.15, 0.2) is 0 Å². The molecule has 1 N–H and O–H groups in total. The second-order valence-electron chi connectivity index (χ2n) is 12.3. The Hall–Kier alpha value is -3.31. The zero-order valence-electron chi connectivity index (χ0n) is 25.9. The summed E-state index contributed by atoms with van der Waals surface area (Å²) in [5.74, 6) is 0.613. The van der Waals surface area contributed by atoms with Gasteiger partial charge in [-0.15, -0.1) is 0 Å². The topological polar surface area (TPSA) is 50.8 Å². The maximum absolute atomic E-state index is 12.2.